The summed E-state index contributed by atoms with van der Waals surface area (Å²) >= 11 is 0. The number of hydrogen-bond acceptors (Lipinski definition) is 2. The van der Waals surface area contributed by atoms with E-state index in [2.05, 4.69) is 6.92 Å². The van der Waals surface area contributed by atoms with E-state index in [1.807, 2.05) is 0 Å². The van der Waals surface area contributed by atoms with Crippen molar-refractivity contribution in [2.24, 2.45) is 0 Å². The molecular formula is C6H16NaO2P. The molecule has 0 aromatic rings. The van der Waals surface area contributed by atoms with E-state index >= 15 is 0 Å². The summed E-state index contributed by atoms with van der Waals surface area (Å²) in [6.07, 6.45) is 4.76. The quantitative estimate of drug-likeness (QED) is 0.347. The number of rotatable bonds is 6. The molecule has 10 heavy (non-hydrogen) atoms. The van der Waals surface area contributed by atoms with Crippen LogP contribution in [-0.4, -0.2) is 36.2 Å². The van der Waals surface area contributed by atoms with Crippen LogP contribution in [0.4, 0.5) is 0 Å². The molecule has 0 saturated heterocycles. The second-order valence-corrected chi connectivity index (χ2v) is 2.55. The summed E-state index contributed by atoms with van der Waals surface area (Å²) in [5, 5.41) is 0. The van der Waals surface area contributed by atoms with Crippen LogP contribution in [0.1, 0.15) is 32.6 Å². The fourth-order valence-electron chi connectivity index (χ4n) is 0.660. The molecule has 0 radical (unpaired) electrons. The third-order valence-corrected chi connectivity index (χ3v) is 1.56. The van der Waals surface area contributed by atoms with Gasteiger partial charge in [-0.25, -0.2) is 0 Å². The topological polar surface area (TPSA) is 26.3 Å². The Morgan fingerprint density at radius 3 is 2.50 bits per heavy atom. The molecule has 0 saturated carbocycles. The first-order chi connectivity index (χ1) is 4.41. The van der Waals surface area contributed by atoms with Crippen molar-refractivity contribution in [2.45, 2.75) is 32.6 Å². The van der Waals surface area contributed by atoms with Gasteiger partial charge in [0, 0.05) is 0 Å². The number of hydrogen-bond donors (Lipinski definition) is 0. The van der Waals surface area contributed by atoms with Crippen LogP contribution in [0.2, 0.25) is 0 Å². The maximum absolute atomic E-state index is 9.82. The molecule has 0 aliphatic rings. The Morgan fingerprint density at radius 1 is 1.30 bits per heavy atom. The maximum atomic E-state index is 9.82. The summed E-state index contributed by atoms with van der Waals surface area (Å²) in [5.74, 6) is 0. The standard InChI is InChI=1S/C6H15O2P.Na.H/c1-2-3-4-5-6-8-9-7;;/h2-6,9H2,1H3;;. The van der Waals surface area contributed by atoms with E-state index < -0.39 is 8.69 Å². The molecular weight excluding hydrogens is 158 g/mol. The van der Waals surface area contributed by atoms with Crippen molar-refractivity contribution < 1.29 is 9.09 Å². The van der Waals surface area contributed by atoms with E-state index in [1.54, 1.807) is 0 Å². The van der Waals surface area contributed by atoms with Crippen molar-refractivity contribution in [1.82, 2.24) is 0 Å². The predicted octanol–water partition coefficient (Wildman–Crippen LogP) is 1.61. The zero-order valence-electron chi connectivity index (χ0n) is 5.93. The van der Waals surface area contributed by atoms with E-state index in [4.69, 9.17) is 4.52 Å². The molecule has 0 aliphatic heterocycles. The van der Waals surface area contributed by atoms with Crippen molar-refractivity contribution in [3.05, 3.63) is 0 Å². The van der Waals surface area contributed by atoms with Crippen LogP contribution in [0.5, 0.6) is 0 Å². The van der Waals surface area contributed by atoms with Crippen LogP contribution in [-0.2, 0) is 9.09 Å². The number of unbranched alkanes of at least 4 members (excludes halogenated alkanes) is 3. The van der Waals surface area contributed by atoms with E-state index in [1.165, 1.54) is 19.3 Å². The van der Waals surface area contributed by atoms with Gasteiger partial charge in [-0.1, -0.05) is 26.2 Å². The van der Waals surface area contributed by atoms with E-state index in [0.717, 1.165) is 6.42 Å². The molecule has 2 nitrogen and oxygen atoms in total. The minimum atomic E-state index is -0.975. The third-order valence-electron chi connectivity index (χ3n) is 1.18. The summed E-state index contributed by atoms with van der Waals surface area (Å²) in [7, 11) is -0.975. The van der Waals surface area contributed by atoms with Crippen LogP contribution in [0.25, 0.3) is 0 Å². The SMILES string of the molecule is CCCCCCO[PH2]=O.[NaH]. The van der Waals surface area contributed by atoms with Gasteiger partial charge in [0.25, 0.3) is 0 Å². The molecule has 0 rings (SSSR count). The second kappa shape index (κ2) is 12.8. The zero-order chi connectivity index (χ0) is 6.95. The molecule has 0 bridgehead atoms. The van der Waals surface area contributed by atoms with E-state index in [0.29, 0.717) is 6.61 Å². The molecule has 0 aromatic heterocycles. The van der Waals surface area contributed by atoms with Crippen LogP contribution in [0, 0.1) is 0 Å². The van der Waals surface area contributed by atoms with Gasteiger partial charge in [0.05, 0.1) is 6.61 Å². The van der Waals surface area contributed by atoms with Crippen molar-refractivity contribution >= 4 is 38.2 Å². The summed E-state index contributed by atoms with van der Waals surface area (Å²) < 4.78 is 14.5. The average molecular weight is 174 g/mol. The molecule has 0 aromatic carbocycles. The van der Waals surface area contributed by atoms with E-state index in [9.17, 15) is 4.57 Å². The van der Waals surface area contributed by atoms with Crippen LogP contribution >= 0.6 is 8.69 Å². The molecule has 0 fully saturated rings. The first kappa shape index (κ1) is 13.8. The Kier molecular flexibility index (Phi) is 17.7. The van der Waals surface area contributed by atoms with Gasteiger partial charge in [-0.2, -0.15) is 0 Å². The Morgan fingerprint density at radius 2 is 2.00 bits per heavy atom. The summed E-state index contributed by atoms with van der Waals surface area (Å²) in [6.45, 7) is 2.85. The average Bonchev–Trinajstić information content (AvgIpc) is 1.89. The molecule has 1 atom stereocenters. The summed E-state index contributed by atoms with van der Waals surface area (Å²) in [6, 6.07) is 0. The van der Waals surface area contributed by atoms with Gasteiger partial charge in [-0.3, -0.25) is 4.57 Å². The first-order valence-electron chi connectivity index (χ1n) is 3.47. The molecule has 58 valence electrons. The molecule has 0 heterocycles. The van der Waals surface area contributed by atoms with E-state index in [-0.39, 0.29) is 29.6 Å². The minimum absolute atomic E-state index is 0. The van der Waals surface area contributed by atoms with Crippen molar-refractivity contribution in [1.29, 1.82) is 0 Å². The van der Waals surface area contributed by atoms with Crippen molar-refractivity contribution in [3.8, 4) is 0 Å². The van der Waals surface area contributed by atoms with Gasteiger partial charge in [0.1, 0.15) is 0 Å². The van der Waals surface area contributed by atoms with Gasteiger partial charge >= 0.3 is 29.6 Å². The monoisotopic (exact) mass is 174 g/mol. The Balaban J connectivity index is 0. The van der Waals surface area contributed by atoms with Gasteiger partial charge in [0.2, 0.25) is 0 Å². The van der Waals surface area contributed by atoms with Crippen LogP contribution in [0.3, 0.4) is 0 Å². The Labute approximate surface area is 86.3 Å². The Bertz CT molecular complexity index is 70.8. The summed E-state index contributed by atoms with van der Waals surface area (Å²) in [4.78, 5) is 0. The van der Waals surface area contributed by atoms with Crippen LogP contribution in [0.15, 0.2) is 0 Å². The molecule has 1 unspecified atom stereocenters. The molecule has 0 amide bonds. The molecule has 4 heteroatoms. The van der Waals surface area contributed by atoms with Gasteiger partial charge in [-0.15, -0.1) is 0 Å². The van der Waals surface area contributed by atoms with Crippen molar-refractivity contribution in [3.63, 3.8) is 0 Å². The zero-order valence-corrected chi connectivity index (χ0v) is 7.08. The van der Waals surface area contributed by atoms with Crippen molar-refractivity contribution in [2.75, 3.05) is 6.61 Å². The van der Waals surface area contributed by atoms with Gasteiger partial charge in [-0.05, 0) is 6.42 Å². The fourth-order valence-corrected chi connectivity index (χ4v) is 0.923. The molecule has 0 aliphatic carbocycles. The molecule has 0 N–H and O–H groups in total. The van der Waals surface area contributed by atoms with Gasteiger partial charge < -0.3 is 4.52 Å². The first-order valence-corrected chi connectivity index (χ1v) is 4.41. The predicted molar refractivity (Wildman–Crippen MR) is 47.6 cm³/mol. The van der Waals surface area contributed by atoms with Crippen LogP contribution < -0.4 is 0 Å². The fraction of sp³-hybridized carbons (Fsp3) is 1.00. The summed E-state index contributed by atoms with van der Waals surface area (Å²) in [5.41, 5.74) is 0. The normalized spacial score (nSPS) is 10.1. The second-order valence-electron chi connectivity index (χ2n) is 2.03. The molecule has 0 spiro atoms. The van der Waals surface area contributed by atoms with Gasteiger partial charge in [0.15, 0.2) is 8.69 Å². The third kappa shape index (κ3) is 11.9. The Hall–Kier alpha value is 1.19.